The summed E-state index contributed by atoms with van der Waals surface area (Å²) >= 11 is 0. The fourth-order valence-corrected chi connectivity index (χ4v) is 2.88. The lowest BCUT2D eigenvalue weighted by atomic mass is 10.1. The molecule has 8 nitrogen and oxygen atoms in total. The third-order valence-electron chi connectivity index (χ3n) is 4.08. The minimum absolute atomic E-state index is 0.334. The molecular formula is C14H19N7O. The van der Waals surface area contributed by atoms with Crippen LogP contribution in [-0.2, 0) is 17.8 Å². The highest BCUT2D eigenvalue weighted by Crippen LogP contribution is 2.18. The fourth-order valence-electron chi connectivity index (χ4n) is 2.88. The standard InChI is InChI=1S/C14H19N7O/c1-2-11(9-22-7-1)17-12-3-4-15-14(18-12)20-5-6-21-10-16-19-13(21)8-20/h3-4,10-11H,1-2,5-9H2,(H,15,17,18)/t11-/m1/s1. The first-order chi connectivity index (χ1) is 10.9. The monoisotopic (exact) mass is 301 g/mol. The molecule has 116 valence electrons. The first-order valence-corrected chi connectivity index (χ1v) is 7.67. The van der Waals surface area contributed by atoms with E-state index in [4.69, 9.17) is 4.74 Å². The molecule has 1 atom stereocenters. The quantitative estimate of drug-likeness (QED) is 0.892. The molecule has 2 aromatic rings. The van der Waals surface area contributed by atoms with Gasteiger partial charge in [0.1, 0.15) is 12.1 Å². The van der Waals surface area contributed by atoms with E-state index in [1.807, 2.05) is 6.07 Å². The van der Waals surface area contributed by atoms with Crippen molar-refractivity contribution in [3.63, 3.8) is 0 Å². The Morgan fingerprint density at radius 2 is 2.32 bits per heavy atom. The summed E-state index contributed by atoms with van der Waals surface area (Å²) in [5, 5.41) is 11.5. The summed E-state index contributed by atoms with van der Waals surface area (Å²) in [7, 11) is 0. The van der Waals surface area contributed by atoms with E-state index >= 15 is 0 Å². The Bertz CT molecular complexity index is 638. The van der Waals surface area contributed by atoms with Gasteiger partial charge in [-0.2, -0.15) is 4.98 Å². The third-order valence-corrected chi connectivity index (χ3v) is 4.08. The van der Waals surface area contributed by atoms with Crippen LogP contribution in [0.4, 0.5) is 11.8 Å². The van der Waals surface area contributed by atoms with E-state index in [2.05, 4.69) is 34.9 Å². The number of anilines is 2. The van der Waals surface area contributed by atoms with Gasteiger partial charge < -0.3 is 19.5 Å². The zero-order chi connectivity index (χ0) is 14.8. The van der Waals surface area contributed by atoms with Gasteiger partial charge in [-0.15, -0.1) is 10.2 Å². The van der Waals surface area contributed by atoms with Crippen molar-refractivity contribution in [2.24, 2.45) is 0 Å². The second-order valence-electron chi connectivity index (χ2n) is 5.66. The van der Waals surface area contributed by atoms with Gasteiger partial charge in [-0.3, -0.25) is 0 Å². The number of fused-ring (bicyclic) bond motifs is 1. The molecule has 0 bridgehead atoms. The van der Waals surface area contributed by atoms with E-state index < -0.39 is 0 Å². The maximum atomic E-state index is 5.50. The van der Waals surface area contributed by atoms with Gasteiger partial charge in [-0.05, 0) is 18.9 Å². The summed E-state index contributed by atoms with van der Waals surface area (Å²) in [6.07, 6.45) is 5.78. The number of aromatic nitrogens is 5. The number of nitrogens with zero attached hydrogens (tertiary/aromatic N) is 6. The number of hydrogen-bond donors (Lipinski definition) is 1. The van der Waals surface area contributed by atoms with E-state index in [1.165, 1.54) is 0 Å². The van der Waals surface area contributed by atoms with E-state index in [1.54, 1.807) is 12.5 Å². The van der Waals surface area contributed by atoms with Crippen LogP contribution in [0.25, 0.3) is 0 Å². The van der Waals surface area contributed by atoms with Gasteiger partial charge >= 0.3 is 0 Å². The Labute approximate surface area is 128 Å². The Morgan fingerprint density at radius 3 is 3.23 bits per heavy atom. The predicted molar refractivity (Wildman–Crippen MR) is 80.6 cm³/mol. The molecule has 1 fully saturated rings. The van der Waals surface area contributed by atoms with E-state index in [0.717, 1.165) is 56.7 Å². The summed E-state index contributed by atoms with van der Waals surface area (Å²) < 4.78 is 7.56. The zero-order valence-corrected chi connectivity index (χ0v) is 12.4. The molecule has 4 rings (SSSR count). The summed E-state index contributed by atoms with van der Waals surface area (Å²) in [5.74, 6) is 2.54. The molecule has 0 radical (unpaired) electrons. The van der Waals surface area contributed by atoms with Gasteiger partial charge in [-0.1, -0.05) is 0 Å². The summed E-state index contributed by atoms with van der Waals surface area (Å²) in [6, 6.07) is 2.24. The van der Waals surface area contributed by atoms with Crippen LogP contribution in [0.3, 0.4) is 0 Å². The highest BCUT2D eigenvalue weighted by Gasteiger charge is 2.20. The van der Waals surface area contributed by atoms with Gasteiger partial charge in [0.15, 0.2) is 5.82 Å². The van der Waals surface area contributed by atoms with Crippen LogP contribution in [0, 0.1) is 0 Å². The van der Waals surface area contributed by atoms with E-state index in [-0.39, 0.29) is 0 Å². The number of hydrogen-bond acceptors (Lipinski definition) is 7. The fraction of sp³-hybridized carbons (Fsp3) is 0.571. The van der Waals surface area contributed by atoms with Gasteiger partial charge in [0, 0.05) is 25.9 Å². The molecule has 2 aromatic heterocycles. The van der Waals surface area contributed by atoms with Crippen LogP contribution >= 0.6 is 0 Å². The minimum Gasteiger partial charge on any atom is -0.379 e. The number of ether oxygens (including phenoxy) is 1. The van der Waals surface area contributed by atoms with Crippen molar-refractivity contribution in [1.82, 2.24) is 24.7 Å². The predicted octanol–water partition coefficient (Wildman–Crippen LogP) is 0.679. The molecule has 22 heavy (non-hydrogen) atoms. The summed E-state index contributed by atoms with van der Waals surface area (Å²) in [5.41, 5.74) is 0. The smallest absolute Gasteiger partial charge is 0.227 e. The molecule has 0 amide bonds. The van der Waals surface area contributed by atoms with Crippen molar-refractivity contribution >= 4 is 11.8 Å². The second-order valence-corrected chi connectivity index (χ2v) is 5.66. The van der Waals surface area contributed by atoms with Crippen LogP contribution in [0.1, 0.15) is 18.7 Å². The first-order valence-electron chi connectivity index (χ1n) is 7.67. The van der Waals surface area contributed by atoms with Crippen LogP contribution in [0.15, 0.2) is 18.6 Å². The Morgan fingerprint density at radius 1 is 1.32 bits per heavy atom. The van der Waals surface area contributed by atoms with Crippen LogP contribution in [-0.4, -0.2) is 50.5 Å². The number of rotatable bonds is 3. The van der Waals surface area contributed by atoms with Crippen LogP contribution in [0.2, 0.25) is 0 Å². The molecule has 0 unspecified atom stereocenters. The average molecular weight is 301 g/mol. The molecule has 0 saturated carbocycles. The molecule has 1 saturated heterocycles. The average Bonchev–Trinajstić information content (AvgIpc) is 3.04. The minimum atomic E-state index is 0.334. The normalized spacial score (nSPS) is 21.5. The van der Waals surface area contributed by atoms with E-state index in [0.29, 0.717) is 12.6 Å². The molecule has 0 aliphatic carbocycles. The van der Waals surface area contributed by atoms with Gasteiger partial charge in [-0.25, -0.2) is 4.98 Å². The van der Waals surface area contributed by atoms with Crippen molar-refractivity contribution < 1.29 is 4.74 Å². The molecule has 8 heteroatoms. The molecule has 2 aliphatic heterocycles. The SMILES string of the molecule is c1cc(N[C@@H]2CCCOC2)nc(N2CCn3cnnc3C2)n1. The summed E-state index contributed by atoms with van der Waals surface area (Å²) in [4.78, 5) is 11.2. The lowest BCUT2D eigenvalue weighted by Crippen LogP contribution is -2.35. The molecule has 1 N–H and O–H groups in total. The lowest BCUT2D eigenvalue weighted by Gasteiger charge is -2.28. The zero-order valence-electron chi connectivity index (χ0n) is 12.4. The maximum Gasteiger partial charge on any atom is 0.227 e. The highest BCUT2D eigenvalue weighted by atomic mass is 16.5. The number of nitrogens with one attached hydrogen (secondary N) is 1. The molecule has 4 heterocycles. The summed E-state index contributed by atoms with van der Waals surface area (Å²) in [6.45, 7) is 4.02. The Kier molecular flexibility index (Phi) is 3.59. The molecule has 0 aromatic carbocycles. The van der Waals surface area contributed by atoms with Crippen molar-refractivity contribution in [2.75, 3.05) is 30.0 Å². The Balaban J connectivity index is 1.47. The molecule has 0 spiro atoms. The van der Waals surface area contributed by atoms with Crippen molar-refractivity contribution in [3.8, 4) is 0 Å². The molecular weight excluding hydrogens is 282 g/mol. The van der Waals surface area contributed by atoms with Crippen molar-refractivity contribution in [2.45, 2.75) is 32.0 Å². The van der Waals surface area contributed by atoms with Crippen LogP contribution < -0.4 is 10.2 Å². The van der Waals surface area contributed by atoms with Gasteiger partial charge in [0.25, 0.3) is 0 Å². The lowest BCUT2D eigenvalue weighted by molar-refractivity contribution is 0.0875. The van der Waals surface area contributed by atoms with Crippen molar-refractivity contribution in [1.29, 1.82) is 0 Å². The van der Waals surface area contributed by atoms with E-state index in [9.17, 15) is 0 Å². The second kappa shape index (κ2) is 5.88. The largest absolute Gasteiger partial charge is 0.379 e. The van der Waals surface area contributed by atoms with Crippen LogP contribution in [0.5, 0.6) is 0 Å². The maximum absolute atomic E-state index is 5.50. The Hall–Kier alpha value is -2.22. The first kappa shape index (κ1) is 13.4. The van der Waals surface area contributed by atoms with Gasteiger partial charge in [0.2, 0.25) is 5.95 Å². The topological polar surface area (TPSA) is 81.0 Å². The third kappa shape index (κ3) is 2.74. The van der Waals surface area contributed by atoms with Gasteiger partial charge in [0.05, 0.1) is 19.2 Å². The highest BCUT2D eigenvalue weighted by molar-refractivity contribution is 5.42. The molecule has 2 aliphatic rings. The van der Waals surface area contributed by atoms with Crippen molar-refractivity contribution in [3.05, 3.63) is 24.4 Å².